The molecular formula is C14H15N3O. The molecule has 0 fully saturated rings. The first-order valence-electron chi connectivity index (χ1n) is 5.72. The van der Waals surface area contributed by atoms with E-state index in [0.29, 0.717) is 12.2 Å². The van der Waals surface area contributed by atoms with Crippen LogP contribution in [0.2, 0.25) is 0 Å². The van der Waals surface area contributed by atoms with Crippen LogP contribution in [0.3, 0.4) is 0 Å². The second kappa shape index (κ2) is 5.42. The standard InChI is InChI=1S/C14H15N3O/c1-10-5-6-11(9-15)8-13(10)17-14(18)12-4-2-3-7-16-12/h2-8H,9,15H2,1H3,(H,17,18). The third-order valence-electron chi connectivity index (χ3n) is 2.68. The molecule has 0 bridgehead atoms. The summed E-state index contributed by atoms with van der Waals surface area (Å²) >= 11 is 0. The van der Waals surface area contributed by atoms with Gasteiger partial charge in [0.1, 0.15) is 5.69 Å². The minimum Gasteiger partial charge on any atom is -0.326 e. The van der Waals surface area contributed by atoms with Crippen molar-refractivity contribution < 1.29 is 4.79 Å². The van der Waals surface area contributed by atoms with Crippen molar-refractivity contribution in [3.63, 3.8) is 0 Å². The minimum atomic E-state index is -0.215. The Hall–Kier alpha value is -2.20. The molecule has 0 aliphatic carbocycles. The summed E-state index contributed by atoms with van der Waals surface area (Å²) in [5, 5.41) is 2.84. The van der Waals surface area contributed by atoms with Crippen LogP contribution in [0, 0.1) is 6.92 Å². The molecule has 1 amide bonds. The molecule has 92 valence electrons. The maximum Gasteiger partial charge on any atom is 0.274 e. The third kappa shape index (κ3) is 2.73. The van der Waals surface area contributed by atoms with Gasteiger partial charge < -0.3 is 11.1 Å². The molecule has 1 aromatic carbocycles. The lowest BCUT2D eigenvalue weighted by molar-refractivity contribution is 0.102. The molecule has 0 unspecified atom stereocenters. The molecule has 0 radical (unpaired) electrons. The minimum absolute atomic E-state index is 0.215. The summed E-state index contributed by atoms with van der Waals surface area (Å²) in [6.07, 6.45) is 1.60. The zero-order valence-corrected chi connectivity index (χ0v) is 10.2. The number of nitrogens with one attached hydrogen (secondary N) is 1. The molecule has 1 heterocycles. The van der Waals surface area contributed by atoms with Crippen molar-refractivity contribution in [3.8, 4) is 0 Å². The monoisotopic (exact) mass is 241 g/mol. The summed E-state index contributed by atoms with van der Waals surface area (Å²) in [5.41, 5.74) is 8.74. The van der Waals surface area contributed by atoms with Crippen LogP contribution in [-0.2, 0) is 6.54 Å². The van der Waals surface area contributed by atoms with Gasteiger partial charge in [0.05, 0.1) is 0 Å². The van der Waals surface area contributed by atoms with Crippen molar-refractivity contribution in [1.82, 2.24) is 4.98 Å². The highest BCUT2D eigenvalue weighted by Crippen LogP contribution is 2.17. The third-order valence-corrected chi connectivity index (χ3v) is 2.68. The average Bonchev–Trinajstić information content (AvgIpc) is 2.42. The molecule has 18 heavy (non-hydrogen) atoms. The van der Waals surface area contributed by atoms with E-state index in [1.807, 2.05) is 25.1 Å². The van der Waals surface area contributed by atoms with E-state index in [4.69, 9.17) is 5.73 Å². The fraction of sp³-hybridized carbons (Fsp3) is 0.143. The van der Waals surface area contributed by atoms with Crippen molar-refractivity contribution in [2.45, 2.75) is 13.5 Å². The number of anilines is 1. The molecule has 0 saturated carbocycles. The number of nitrogens with zero attached hydrogens (tertiary/aromatic N) is 1. The van der Waals surface area contributed by atoms with Crippen LogP contribution in [-0.4, -0.2) is 10.9 Å². The van der Waals surface area contributed by atoms with Crippen molar-refractivity contribution in [2.24, 2.45) is 5.73 Å². The zero-order valence-electron chi connectivity index (χ0n) is 10.2. The number of aryl methyl sites for hydroxylation is 1. The molecule has 4 nitrogen and oxygen atoms in total. The van der Waals surface area contributed by atoms with E-state index in [2.05, 4.69) is 10.3 Å². The van der Waals surface area contributed by atoms with Crippen LogP contribution in [0.4, 0.5) is 5.69 Å². The fourth-order valence-electron chi connectivity index (χ4n) is 1.61. The summed E-state index contributed by atoms with van der Waals surface area (Å²) in [4.78, 5) is 16.0. The lowest BCUT2D eigenvalue weighted by atomic mass is 10.1. The number of benzene rings is 1. The number of aromatic nitrogens is 1. The lowest BCUT2D eigenvalue weighted by Crippen LogP contribution is -2.14. The van der Waals surface area contributed by atoms with E-state index in [-0.39, 0.29) is 5.91 Å². The topological polar surface area (TPSA) is 68.0 Å². The van der Waals surface area contributed by atoms with Gasteiger partial charge in [-0.05, 0) is 36.2 Å². The SMILES string of the molecule is Cc1ccc(CN)cc1NC(=O)c1ccccn1. The first-order chi connectivity index (χ1) is 8.70. The molecule has 2 aromatic rings. The van der Waals surface area contributed by atoms with Gasteiger partial charge in [0.25, 0.3) is 5.91 Å². The predicted octanol–water partition coefficient (Wildman–Crippen LogP) is 2.10. The van der Waals surface area contributed by atoms with Crippen LogP contribution in [0.5, 0.6) is 0 Å². The highest BCUT2D eigenvalue weighted by Gasteiger charge is 2.08. The largest absolute Gasteiger partial charge is 0.326 e. The van der Waals surface area contributed by atoms with E-state index in [1.165, 1.54) is 0 Å². The van der Waals surface area contributed by atoms with E-state index < -0.39 is 0 Å². The molecule has 0 aliphatic heterocycles. The van der Waals surface area contributed by atoms with Gasteiger partial charge in [-0.1, -0.05) is 18.2 Å². The lowest BCUT2D eigenvalue weighted by Gasteiger charge is -2.09. The molecule has 4 heteroatoms. The number of carbonyl (C=O) groups is 1. The van der Waals surface area contributed by atoms with Gasteiger partial charge in [-0.15, -0.1) is 0 Å². The number of hydrogen-bond donors (Lipinski definition) is 2. The van der Waals surface area contributed by atoms with Crippen LogP contribution < -0.4 is 11.1 Å². The number of hydrogen-bond acceptors (Lipinski definition) is 3. The summed E-state index contributed by atoms with van der Waals surface area (Å²) < 4.78 is 0. The molecular weight excluding hydrogens is 226 g/mol. The van der Waals surface area contributed by atoms with Gasteiger partial charge >= 0.3 is 0 Å². The number of carbonyl (C=O) groups excluding carboxylic acids is 1. The molecule has 0 spiro atoms. The Morgan fingerprint density at radius 1 is 1.33 bits per heavy atom. The number of nitrogens with two attached hydrogens (primary N) is 1. The van der Waals surface area contributed by atoms with Crippen LogP contribution in [0.15, 0.2) is 42.6 Å². The van der Waals surface area contributed by atoms with Gasteiger partial charge in [0.2, 0.25) is 0 Å². The van der Waals surface area contributed by atoms with Gasteiger partial charge in [0, 0.05) is 18.4 Å². The molecule has 0 atom stereocenters. The van der Waals surface area contributed by atoms with Crippen molar-refractivity contribution in [2.75, 3.05) is 5.32 Å². The average molecular weight is 241 g/mol. The fourth-order valence-corrected chi connectivity index (χ4v) is 1.61. The number of rotatable bonds is 3. The predicted molar refractivity (Wildman–Crippen MR) is 71.3 cm³/mol. The van der Waals surface area contributed by atoms with Crippen LogP contribution >= 0.6 is 0 Å². The second-order valence-corrected chi connectivity index (χ2v) is 4.02. The van der Waals surface area contributed by atoms with E-state index in [0.717, 1.165) is 16.8 Å². The number of pyridine rings is 1. The van der Waals surface area contributed by atoms with Gasteiger partial charge in [-0.25, -0.2) is 0 Å². The maximum absolute atomic E-state index is 12.0. The Labute approximate surface area is 106 Å². The van der Waals surface area contributed by atoms with E-state index >= 15 is 0 Å². The smallest absolute Gasteiger partial charge is 0.274 e. The Bertz CT molecular complexity index is 552. The number of amides is 1. The highest BCUT2D eigenvalue weighted by atomic mass is 16.1. The zero-order chi connectivity index (χ0) is 13.0. The van der Waals surface area contributed by atoms with E-state index in [1.54, 1.807) is 24.4 Å². The highest BCUT2D eigenvalue weighted by molar-refractivity contribution is 6.03. The quantitative estimate of drug-likeness (QED) is 0.864. The summed E-state index contributed by atoms with van der Waals surface area (Å²) in [5.74, 6) is -0.215. The summed E-state index contributed by atoms with van der Waals surface area (Å²) in [6.45, 7) is 2.39. The Kier molecular flexibility index (Phi) is 3.69. The maximum atomic E-state index is 12.0. The molecule has 1 aromatic heterocycles. The summed E-state index contributed by atoms with van der Waals surface area (Å²) in [7, 11) is 0. The van der Waals surface area contributed by atoms with Gasteiger partial charge in [-0.3, -0.25) is 9.78 Å². The Morgan fingerprint density at radius 2 is 2.17 bits per heavy atom. The molecule has 0 saturated heterocycles. The Balaban J connectivity index is 2.21. The summed E-state index contributed by atoms with van der Waals surface area (Å²) in [6, 6.07) is 11.0. The molecule has 2 rings (SSSR count). The first kappa shape index (κ1) is 12.3. The second-order valence-electron chi connectivity index (χ2n) is 4.02. The van der Waals surface area contributed by atoms with Crippen LogP contribution in [0.25, 0.3) is 0 Å². The van der Waals surface area contributed by atoms with E-state index in [9.17, 15) is 4.79 Å². The Morgan fingerprint density at radius 3 is 2.83 bits per heavy atom. The van der Waals surface area contributed by atoms with Gasteiger partial charge in [-0.2, -0.15) is 0 Å². The molecule has 0 aliphatic rings. The first-order valence-corrected chi connectivity index (χ1v) is 5.72. The van der Waals surface area contributed by atoms with Crippen molar-refractivity contribution >= 4 is 11.6 Å². The van der Waals surface area contributed by atoms with Gasteiger partial charge in [0.15, 0.2) is 0 Å². The van der Waals surface area contributed by atoms with Crippen molar-refractivity contribution in [1.29, 1.82) is 0 Å². The van der Waals surface area contributed by atoms with Crippen LogP contribution in [0.1, 0.15) is 21.6 Å². The van der Waals surface area contributed by atoms with Crippen molar-refractivity contribution in [3.05, 3.63) is 59.4 Å². The normalized spacial score (nSPS) is 10.1. The molecule has 3 N–H and O–H groups in total.